The zero-order valence-electron chi connectivity index (χ0n) is 24.7. The van der Waals surface area contributed by atoms with Gasteiger partial charge < -0.3 is 19.7 Å². The van der Waals surface area contributed by atoms with E-state index in [1.54, 1.807) is 0 Å². The van der Waals surface area contributed by atoms with Crippen LogP contribution >= 0.6 is 0 Å². The van der Waals surface area contributed by atoms with Gasteiger partial charge in [-0.3, -0.25) is 9.80 Å². The molecule has 0 unspecified atom stereocenters. The molecule has 4 fully saturated rings. The van der Waals surface area contributed by atoms with Crippen LogP contribution in [0, 0.1) is 33.5 Å². The Bertz CT molecular complexity index is 888. The average molecular weight is 529 g/mol. The first-order valence-corrected chi connectivity index (χ1v) is 15.0. The highest BCUT2D eigenvalue weighted by Gasteiger charge is 2.56. The van der Waals surface area contributed by atoms with E-state index in [4.69, 9.17) is 9.47 Å². The Labute approximate surface area is 230 Å². The molecule has 1 aromatic carbocycles. The summed E-state index contributed by atoms with van der Waals surface area (Å²) in [5, 5.41) is 21.3. The number of fused-ring (bicyclic) bond motifs is 4. The summed E-state index contributed by atoms with van der Waals surface area (Å²) in [5.41, 5.74) is 1.44. The smallest absolute Gasteiger partial charge is 0.119 e. The molecule has 0 radical (unpaired) electrons. The lowest BCUT2D eigenvalue weighted by molar-refractivity contribution is -0.0381. The Hall–Kier alpha value is -1.34. The zero-order valence-corrected chi connectivity index (χ0v) is 24.7. The molecule has 2 aliphatic heterocycles. The number of likely N-dealkylation sites (tertiary alicyclic amines) is 2. The van der Waals surface area contributed by atoms with Crippen LogP contribution in [0.3, 0.4) is 0 Å². The average Bonchev–Trinajstić information content (AvgIpc) is 3.05. The van der Waals surface area contributed by atoms with Gasteiger partial charge >= 0.3 is 0 Å². The Morgan fingerprint density at radius 2 is 1.08 bits per heavy atom. The van der Waals surface area contributed by atoms with Gasteiger partial charge in [0.25, 0.3) is 0 Å². The largest absolute Gasteiger partial charge is 0.491 e. The monoisotopic (exact) mass is 528 g/mol. The van der Waals surface area contributed by atoms with Gasteiger partial charge in [0, 0.05) is 39.3 Å². The van der Waals surface area contributed by atoms with Crippen molar-refractivity contribution in [2.24, 2.45) is 33.5 Å². The Morgan fingerprint density at radius 3 is 1.42 bits per heavy atom. The summed E-state index contributed by atoms with van der Waals surface area (Å²) in [6.45, 7) is 20.7. The molecule has 38 heavy (non-hydrogen) atoms. The van der Waals surface area contributed by atoms with Gasteiger partial charge in [-0.05, 0) is 83.4 Å². The minimum absolute atomic E-state index is 0.284. The Kier molecular flexibility index (Phi) is 7.60. The Morgan fingerprint density at radius 1 is 0.711 bits per heavy atom. The normalized spacial score (nSPS) is 35.7. The number of nitrogens with zero attached hydrogens (tertiary/aromatic N) is 2. The van der Waals surface area contributed by atoms with Gasteiger partial charge in [-0.2, -0.15) is 0 Å². The molecule has 214 valence electrons. The summed E-state index contributed by atoms with van der Waals surface area (Å²) in [7, 11) is 0. The standard InChI is InChI=1S/C32H52N2O4/c1-29(2)23-11-13-31(29,5)21-33(15-23)17-25(35)19-37-27-7-9-28(10-8-27)38-20-26(36)18-34-16-24-12-14-32(6,22-34)30(24,3)4/h7-10,23-26,35-36H,11-22H2,1-6H3/t23-,24+,25-,26-,31+,32-/m1/s1. The number of β-amino-alcohol motifs (C(OH)–C–C–N with tert-alkyl or cyclic N) is 2. The van der Waals surface area contributed by atoms with Gasteiger partial charge in [-0.25, -0.2) is 0 Å². The van der Waals surface area contributed by atoms with Gasteiger partial charge in [-0.1, -0.05) is 41.5 Å². The predicted molar refractivity (Wildman–Crippen MR) is 152 cm³/mol. The molecule has 6 atom stereocenters. The Balaban J connectivity index is 1.02. The molecule has 1 aromatic rings. The summed E-state index contributed by atoms with van der Waals surface area (Å²) in [6, 6.07) is 7.52. The van der Waals surface area contributed by atoms with Crippen molar-refractivity contribution in [2.75, 3.05) is 52.5 Å². The fourth-order valence-corrected chi connectivity index (χ4v) is 8.28. The molecule has 6 heteroatoms. The van der Waals surface area contributed by atoms with Crippen LogP contribution in [0.5, 0.6) is 11.5 Å². The molecule has 2 aliphatic carbocycles. The number of aliphatic hydroxyl groups is 2. The summed E-state index contributed by atoms with van der Waals surface area (Å²) >= 11 is 0. The van der Waals surface area contributed by atoms with Crippen molar-refractivity contribution in [1.29, 1.82) is 0 Å². The molecular weight excluding hydrogens is 476 g/mol. The molecule has 4 bridgehead atoms. The maximum Gasteiger partial charge on any atom is 0.119 e. The van der Waals surface area contributed by atoms with E-state index in [1.807, 2.05) is 24.3 Å². The third-order valence-electron chi connectivity index (χ3n) is 12.0. The minimum Gasteiger partial charge on any atom is -0.491 e. The van der Waals surface area contributed by atoms with E-state index in [0.717, 1.165) is 37.7 Å². The summed E-state index contributed by atoms with van der Waals surface area (Å²) in [4.78, 5) is 4.88. The number of aliphatic hydroxyl groups excluding tert-OH is 2. The first-order valence-electron chi connectivity index (χ1n) is 15.0. The quantitative estimate of drug-likeness (QED) is 0.460. The first-order chi connectivity index (χ1) is 17.8. The molecule has 0 amide bonds. The summed E-state index contributed by atoms with van der Waals surface area (Å²) in [6.07, 6.45) is 4.15. The summed E-state index contributed by atoms with van der Waals surface area (Å²) < 4.78 is 11.8. The van der Waals surface area contributed by atoms with E-state index in [2.05, 4.69) is 51.3 Å². The van der Waals surface area contributed by atoms with Crippen molar-refractivity contribution < 1.29 is 19.7 Å². The molecule has 6 nitrogen and oxygen atoms in total. The van der Waals surface area contributed by atoms with Gasteiger partial charge in [-0.15, -0.1) is 0 Å². The maximum atomic E-state index is 10.7. The molecule has 5 rings (SSSR count). The number of hydrogen-bond donors (Lipinski definition) is 2. The number of benzene rings is 1. The fourth-order valence-electron chi connectivity index (χ4n) is 8.28. The molecule has 2 saturated heterocycles. The molecule has 0 spiro atoms. The second-order valence-corrected chi connectivity index (χ2v) is 14.8. The third kappa shape index (κ3) is 5.23. The van der Waals surface area contributed by atoms with E-state index >= 15 is 0 Å². The lowest BCUT2D eigenvalue weighted by Crippen LogP contribution is -2.54. The third-order valence-corrected chi connectivity index (χ3v) is 12.0. The highest BCUT2D eigenvalue weighted by molar-refractivity contribution is 5.31. The first kappa shape index (κ1) is 28.2. The van der Waals surface area contributed by atoms with Gasteiger partial charge in [0.05, 0.1) is 0 Å². The van der Waals surface area contributed by atoms with Gasteiger partial charge in [0.2, 0.25) is 0 Å². The van der Waals surface area contributed by atoms with Crippen LogP contribution in [0.4, 0.5) is 0 Å². The molecule has 0 aromatic heterocycles. The van der Waals surface area contributed by atoms with Crippen LogP contribution in [0.1, 0.15) is 67.2 Å². The van der Waals surface area contributed by atoms with E-state index in [9.17, 15) is 10.2 Å². The van der Waals surface area contributed by atoms with Crippen LogP contribution < -0.4 is 9.47 Å². The van der Waals surface area contributed by atoms with Crippen LogP contribution in [0.25, 0.3) is 0 Å². The molecule has 4 aliphatic rings. The van der Waals surface area contributed by atoms with Crippen LogP contribution in [-0.4, -0.2) is 84.7 Å². The highest BCUT2D eigenvalue weighted by Crippen LogP contribution is 2.59. The van der Waals surface area contributed by atoms with Crippen LogP contribution in [0.15, 0.2) is 24.3 Å². The van der Waals surface area contributed by atoms with Crippen molar-refractivity contribution in [1.82, 2.24) is 9.80 Å². The maximum absolute atomic E-state index is 10.7. The number of ether oxygens (including phenoxy) is 2. The fraction of sp³-hybridized carbons (Fsp3) is 0.812. The lowest BCUT2D eigenvalue weighted by atomic mass is 9.63. The summed E-state index contributed by atoms with van der Waals surface area (Å²) in [5.74, 6) is 2.88. The lowest BCUT2D eigenvalue weighted by Gasteiger charge is -2.50. The second kappa shape index (κ2) is 10.2. The van der Waals surface area contributed by atoms with Gasteiger partial charge in [0.15, 0.2) is 0 Å². The van der Waals surface area contributed by atoms with Gasteiger partial charge in [0.1, 0.15) is 36.9 Å². The van der Waals surface area contributed by atoms with E-state index in [-0.39, 0.29) is 13.2 Å². The number of piperidine rings is 2. The van der Waals surface area contributed by atoms with Crippen molar-refractivity contribution in [2.45, 2.75) is 79.4 Å². The van der Waals surface area contributed by atoms with Crippen molar-refractivity contribution in [3.05, 3.63) is 24.3 Å². The molecule has 2 heterocycles. The zero-order chi connectivity index (χ0) is 27.3. The van der Waals surface area contributed by atoms with E-state index in [0.29, 0.717) is 46.6 Å². The highest BCUT2D eigenvalue weighted by atomic mass is 16.5. The van der Waals surface area contributed by atoms with E-state index in [1.165, 1.54) is 25.7 Å². The van der Waals surface area contributed by atoms with Crippen LogP contribution in [0.2, 0.25) is 0 Å². The molecule has 2 saturated carbocycles. The molecule has 2 N–H and O–H groups in total. The topological polar surface area (TPSA) is 65.4 Å². The number of hydrogen-bond acceptors (Lipinski definition) is 6. The van der Waals surface area contributed by atoms with Crippen molar-refractivity contribution in [3.8, 4) is 11.5 Å². The van der Waals surface area contributed by atoms with Crippen LogP contribution in [-0.2, 0) is 0 Å². The second-order valence-electron chi connectivity index (χ2n) is 14.8. The number of rotatable bonds is 10. The molecular formula is C32H52N2O4. The van der Waals surface area contributed by atoms with Crippen molar-refractivity contribution >= 4 is 0 Å². The van der Waals surface area contributed by atoms with Crippen molar-refractivity contribution in [3.63, 3.8) is 0 Å². The predicted octanol–water partition coefficient (Wildman–Crippen LogP) is 4.68. The van der Waals surface area contributed by atoms with E-state index < -0.39 is 12.2 Å². The minimum atomic E-state index is -0.511. The SMILES string of the molecule is CC1(C)[C@@H]2CC[C@@]1(C)CN(C[C@@H](O)COc1ccc(OC[C@H](O)CN3C[C@@H]4CC[C@](C)(C3)C4(C)C)cc1)C2.